The molecule has 7 heteroatoms. The van der Waals surface area contributed by atoms with Crippen LogP contribution in [0, 0.1) is 13.8 Å². The molecule has 2 heterocycles. The van der Waals surface area contributed by atoms with Crippen molar-refractivity contribution in [2.24, 2.45) is 0 Å². The molecule has 0 atom stereocenters. The van der Waals surface area contributed by atoms with E-state index in [9.17, 15) is 9.90 Å². The number of piperazine rings is 1. The zero-order valence-electron chi connectivity index (χ0n) is 14.6. The second-order valence-electron chi connectivity index (χ2n) is 6.18. The molecule has 0 spiro atoms. The van der Waals surface area contributed by atoms with E-state index in [1.165, 1.54) is 0 Å². The van der Waals surface area contributed by atoms with E-state index in [0.717, 1.165) is 54.6 Å². The number of nitrogens with zero attached hydrogens (tertiary/aromatic N) is 3. The van der Waals surface area contributed by atoms with Gasteiger partial charge in [0.15, 0.2) is 0 Å². The Labute approximate surface area is 151 Å². The van der Waals surface area contributed by atoms with Crippen molar-refractivity contribution in [3.63, 3.8) is 0 Å². The van der Waals surface area contributed by atoms with Gasteiger partial charge in [-0.2, -0.15) is 0 Å². The summed E-state index contributed by atoms with van der Waals surface area (Å²) < 4.78 is 5.15. The van der Waals surface area contributed by atoms with Gasteiger partial charge < -0.3 is 19.4 Å². The van der Waals surface area contributed by atoms with Crippen molar-refractivity contribution >= 4 is 23.4 Å². The molecule has 25 heavy (non-hydrogen) atoms. The summed E-state index contributed by atoms with van der Waals surface area (Å²) in [5.74, 6) is 2.51. The van der Waals surface area contributed by atoms with Gasteiger partial charge in [0.1, 0.15) is 11.5 Å². The fourth-order valence-electron chi connectivity index (χ4n) is 2.92. The summed E-state index contributed by atoms with van der Waals surface area (Å²) in [5.41, 5.74) is 3.08. The lowest BCUT2D eigenvalue weighted by atomic mass is 10.2. The standard InChI is InChI=1S/C18H23N3O3S/c1-13-17(14(2)24-19-13)11-25-12-18(23)21-9-7-20(8-10-21)15-3-5-16(22)6-4-15/h3-6,22H,7-12H2,1-2H3. The average molecular weight is 361 g/mol. The van der Waals surface area contributed by atoms with Crippen LogP contribution in [0.25, 0.3) is 0 Å². The Morgan fingerprint density at radius 2 is 1.88 bits per heavy atom. The van der Waals surface area contributed by atoms with Gasteiger partial charge in [-0.1, -0.05) is 5.16 Å². The third-order valence-corrected chi connectivity index (χ3v) is 5.44. The molecule has 6 nitrogen and oxygen atoms in total. The molecule has 0 bridgehead atoms. The van der Waals surface area contributed by atoms with E-state index in [-0.39, 0.29) is 11.7 Å². The number of aryl methyl sites for hydroxylation is 2. The van der Waals surface area contributed by atoms with Crippen LogP contribution in [0.15, 0.2) is 28.8 Å². The van der Waals surface area contributed by atoms with Crippen LogP contribution in [-0.4, -0.2) is 53.0 Å². The monoisotopic (exact) mass is 361 g/mol. The number of benzene rings is 1. The van der Waals surface area contributed by atoms with Gasteiger partial charge in [-0.3, -0.25) is 4.79 Å². The molecule has 1 aliphatic heterocycles. The van der Waals surface area contributed by atoms with Crippen LogP contribution in [0.2, 0.25) is 0 Å². The Kier molecular flexibility index (Phi) is 5.53. The van der Waals surface area contributed by atoms with Gasteiger partial charge in [0.05, 0.1) is 11.4 Å². The van der Waals surface area contributed by atoms with Crippen molar-refractivity contribution in [1.29, 1.82) is 0 Å². The molecule has 0 aliphatic carbocycles. The van der Waals surface area contributed by atoms with Gasteiger partial charge in [0, 0.05) is 43.2 Å². The molecule has 0 unspecified atom stereocenters. The normalized spacial score (nSPS) is 14.8. The molecular weight excluding hydrogens is 338 g/mol. The van der Waals surface area contributed by atoms with Gasteiger partial charge in [0.25, 0.3) is 0 Å². The predicted octanol–water partition coefficient (Wildman–Crippen LogP) is 2.58. The van der Waals surface area contributed by atoms with Crippen molar-refractivity contribution < 1.29 is 14.4 Å². The number of hydrogen-bond acceptors (Lipinski definition) is 6. The number of anilines is 1. The fraction of sp³-hybridized carbons (Fsp3) is 0.444. The lowest BCUT2D eigenvalue weighted by Gasteiger charge is -2.36. The SMILES string of the molecule is Cc1noc(C)c1CSCC(=O)N1CCN(c2ccc(O)cc2)CC1. The number of aromatic hydroxyl groups is 1. The second kappa shape index (κ2) is 7.82. The van der Waals surface area contributed by atoms with Crippen LogP contribution < -0.4 is 4.90 Å². The van der Waals surface area contributed by atoms with E-state index >= 15 is 0 Å². The van der Waals surface area contributed by atoms with Crippen LogP contribution in [0.1, 0.15) is 17.0 Å². The first kappa shape index (κ1) is 17.7. The Hall–Kier alpha value is -2.15. The summed E-state index contributed by atoms with van der Waals surface area (Å²) in [4.78, 5) is 16.6. The summed E-state index contributed by atoms with van der Waals surface area (Å²) in [6.07, 6.45) is 0. The average Bonchev–Trinajstić information content (AvgIpc) is 2.94. The minimum absolute atomic E-state index is 0.183. The van der Waals surface area contributed by atoms with Gasteiger partial charge in [-0.15, -0.1) is 11.8 Å². The molecule has 1 N–H and O–H groups in total. The maximum absolute atomic E-state index is 12.4. The quantitative estimate of drug-likeness (QED) is 0.883. The Bertz CT molecular complexity index is 702. The minimum Gasteiger partial charge on any atom is -0.508 e. The molecule has 3 rings (SSSR count). The first-order chi connectivity index (χ1) is 12.0. The molecule has 1 fully saturated rings. The zero-order valence-corrected chi connectivity index (χ0v) is 15.4. The van der Waals surface area contributed by atoms with Crippen molar-refractivity contribution in [1.82, 2.24) is 10.1 Å². The van der Waals surface area contributed by atoms with E-state index in [2.05, 4.69) is 10.1 Å². The third kappa shape index (κ3) is 4.28. The van der Waals surface area contributed by atoms with Crippen molar-refractivity contribution in [3.05, 3.63) is 41.3 Å². The van der Waals surface area contributed by atoms with E-state index < -0.39 is 0 Å². The van der Waals surface area contributed by atoms with Crippen LogP contribution in [0.5, 0.6) is 5.75 Å². The van der Waals surface area contributed by atoms with Crippen molar-refractivity contribution in [2.75, 3.05) is 36.8 Å². The van der Waals surface area contributed by atoms with Gasteiger partial charge >= 0.3 is 0 Å². The number of carbonyl (C=O) groups excluding carboxylic acids is 1. The topological polar surface area (TPSA) is 69.8 Å². The van der Waals surface area contributed by atoms with Gasteiger partial charge in [0.2, 0.25) is 5.91 Å². The maximum Gasteiger partial charge on any atom is 0.232 e. The van der Waals surface area contributed by atoms with Crippen molar-refractivity contribution in [3.8, 4) is 5.75 Å². The molecule has 0 radical (unpaired) electrons. The number of phenolic OH excluding ortho intramolecular Hbond substituents is 1. The summed E-state index contributed by atoms with van der Waals surface area (Å²) >= 11 is 1.61. The molecule has 0 saturated carbocycles. The number of rotatable bonds is 5. The summed E-state index contributed by atoms with van der Waals surface area (Å²) in [6, 6.07) is 7.20. The summed E-state index contributed by atoms with van der Waals surface area (Å²) in [5, 5.41) is 13.3. The predicted molar refractivity (Wildman–Crippen MR) is 99.0 cm³/mol. The van der Waals surface area contributed by atoms with Gasteiger partial charge in [-0.25, -0.2) is 0 Å². The summed E-state index contributed by atoms with van der Waals surface area (Å²) in [7, 11) is 0. The van der Waals surface area contributed by atoms with E-state index in [1.54, 1.807) is 23.9 Å². The second-order valence-corrected chi connectivity index (χ2v) is 7.17. The number of hydrogen-bond donors (Lipinski definition) is 1. The fourth-order valence-corrected chi connectivity index (χ4v) is 3.99. The van der Waals surface area contributed by atoms with E-state index in [4.69, 9.17) is 4.52 Å². The Balaban J connectivity index is 1.44. The first-order valence-electron chi connectivity index (χ1n) is 8.36. The molecular formula is C18H23N3O3S. The molecule has 1 amide bonds. The lowest BCUT2D eigenvalue weighted by Crippen LogP contribution is -2.49. The highest BCUT2D eigenvalue weighted by molar-refractivity contribution is 7.99. The first-order valence-corrected chi connectivity index (χ1v) is 9.51. The van der Waals surface area contributed by atoms with Gasteiger partial charge in [-0.05, 0) is 38.1 Å². The largest absolute Gasteiger partial charge is 0.508 e. The molecule has 1 aromatic heterocycles. The van der Waals surface area contributed by atoms with Crippen LogP contribution in [0.4, 0.5) is 5.69 Å². The Morgan fingerprint density at radius 3 is 2.48 bits per heavy atom. The summed E-state index contributed by atoms with van der Waals surface area (Å²) in [6.45, 7) is 6.91. The molecule has 1 aliphatic rings. The minimum atomic E-state index is 0.183. The van der Waals surface area contributed by atoms with E-state index in [0.29, 0.717) is 5.75 Å². The number of phenols is 1. The number of amides is 1. The Morgan fingerprint density at radius 1 is 1.20 bits per heavy atom. The zero-order chi connectivity index (χ0) is 17.8. The highest BCUT2D eigenvalue weighted by atomic mass is 32.2. The van der Waals surface area contributed by atoms with Crippen LogP contribution in [0.3, 0.4) is 0 Å². The smallest absolute Gasteiger partial charge is 0.232 e. The van der Waals surface area contributed by atoms with Crippen LogP contribution in [-0.2, 0) is 10.5 Å². The lowest BCUT2D eigenvalue weighted by molar-refractivity contribution is -0.128. The van der Waals surface area contributed by atoms with E-state index in [1.807, 2.05) is 30.9 Å². The molecule has 2 aromatic rings. The molecule has 1 saturated heterocycles. The molecule has 134 valence electrons. The van der Waals surface area contributed by atoms with Crippen LogP contribution >= 0.6 is 11.8 Å². The number of aromatic nitrogens is 1. The third-order valence-electron chi connectivity index (χ3n) is 4.50. The number of carbonyl (C=O) groups is 1. The highest BCUT2D eigenvalue weighted by Gasteiger charge is 2.21. The number of thioether (sulfide) groups is 1. The maximum atomic E-state index is 12.4. The highest BCUT2D eigenvalue weighted by Crippen LogP contribution is 2.22. The van der Waals surface area contributed by atoms with Crippen molar-refractivity contribution in [2.45, 2.75) is 19.6 Å². The molecule has 1 aromatic carbocycles.